The number of carboxylic acids is 1. The Balaban J connectivity index is 1.61. The van der Waals surface area contributed by atoms with E-state index in [0.29, 0.717) is 5.56 Å². The molecule has 1 aliphatic rings. The van der Waals surface area contributed by atoms with Gasteiger partial charge in [0.05, 0.1) is 5.56 Å². The van der Waals surface area contributed by atoms with E-state index in [1.807, 2.05) is 18.2 Å². The number of aromatic nitrogens is 2. The molecule has 1 aliphatic heterocycles. The van der Waals surface area contributed by atoms with Crippen LogP contribution in [0.3, 0.4) is 0 Å². The van der Waals surface area contributed by atoms with Crippen LogP contribution in [0.4, 0.5) is 5.82 Å². The molecule has 23 heavy (non-hydrogen) atoms. The van der Waals surface area contributed by atoms with Gasteiger partial charge >= 0.3 is 5.97 Å². The molecule has 0 saturated carbocycles. The third kappa shape index (κ3) is 3.48. The fourth-order valence-electron chi connectivity index (χ4n) is 2.92. The zero-order valence-electron chi connectivity index (χ0n) is 13.1. The lowest BCUT2D eigenvalue weighted by molar-refractivity contribution is 0.0697. The summed E-state index contributed by atoms with van der Waals surface area (Å²) in [5.41, 5.74) is 1.47. The summed E-state index contributed by atoms with van der Waals surface area (Å²) in [7, 11) is 0. The van der Waals surface area contributed by atoms with Crippen molar-refractivity contribution in [2.75, 3.05) is 31.1 Å². The van der Waals surface area contributed by atoms with Crippen molar-refractivity contribution in [2.45, 2.75) is 13.0 Å². The van der Waals surface area contributed by atoms with Crippen LogP contribution in [0.5, 0.6) is 0 Å². The third-order valence-corrected chi connectivity index (χ3v) is 4.39. The maximum Gasteiger partial charge on any atom is 0.335 e. The molecule has 2 aromatic rings. The Morgan fingerprint density at radius 1 is 1.13 bits per heavy atom. The van der Waals surface area contributed by atoms with Crippen molar-refractivity contribution in [1.82, 2.24) is 14.9 Å². The Morgan fingerprint density at radius 3 is 2.39 bits per heavy atom. The van der Waals surface area contributed by atoms with E-state index < -0.39 is 5.97 Å². The number of hydrogen-bond acceptors (Lipinski definition) is 5. The number of benzene rings is 1. The van der Waals surface area contributed by atoms with Crippen molar-refractivity contribution >= 4 is 11.8 Å². The fraction of sp³-hybridized carbons (Fsp3) is 0.353. The highest BCUT2D eigenvalue weighted by Crippen LogP contribution is 2.23. The lowest BCUT2D eigenvalue weighted by Gasteiger charge is -2.38. The second kappa shape index (κ2) is 6.75. The molecule has 0 spiro atoms. The van der Waals surface area contributed by atoms with E-state index in [1.165, 1.54) is 0 Å². The smallest absolute Gasteiger partial charge is 0.335 e. The molecule has 1 fully saturated rings. The number of anilines is 1. The zero-order chi connectivity index (χ0) is 16.2. The molecule has 1 atom stereocenters. The summed E-state index contributed by atoms with van der Waals surface area (Å²) in [5, 5.41) is 8.97. The van der Waals surface area contributed by atoms with Crippen LogP contribution in [0.2, 0.25) is 0 Å². The van der Waals surface area contributed by atoms with Gasteiger partial charge in [0, 0.05) is 38.4 Å². The van der Waals surface area contributed by atoms with Crippen LogP contribution in [0.1, 0.15) is 28.9 Å². The van der Waals surface area contributed by atoms with Crippen LogP contribution in [0.15, 0.2) is 42.9 Å². The van der Waals surface area contributed by atoms with Gasteiger partial charge in [-0.3, -0.25) is 4.90 Å². The number of rotatable bonds is 4. The van der Waals surface area contributed by atoms with Crippen molar-refractivity contribution in [1.29, 1.82) is 0 Å². The maximum atomic E-state index is 10.9. The van der Waals surface area contributed by atoms with E-state index >= 15 is 0 Å². The number of carboxylic acid groups (broad SMARTS) is 1. The minimum Gasteiger partial charge on any atom is -0.478 e. The second-order valence-corrected chi connectivity index (χ2v) is 5.69. The molecule has 120 valence electrons. The number of carbonyl (C=O) groups is 1. The predicted molar refractivity (Wildman–Crippen MR) is 87.6 cm³/mol. The first kappa shape index (κ1) is 15.4. The molecule has 3 rings (SSSR count). The van der Waals surface area contributed by atoms with Crippen LogP contribution in [0, 0.1) is 0 Å². The van der Waals surface area contributed by atoms with Crippen LogP contribution in [0.25, 0.3) is 0 Å². The van der Waals surface area contributed by atoms with Gasteiger partial charge in [-0.15, -0.1) is 0 Å². The molecule has 0 amide bonds. The molecule has 0 aliphatic carbocycles. The number of nitrogens with zero attached hydrogens (tertiary/aromatic N) is 4. The molecule has 0 bridgehead atoms. The normalized spacial score (nSPS) is 17.0. The van der Waals surface area contributed by atoms with Gasteiger partial charge in [0.2, 0.25) is 0 Å². The van der Waals surface area contributed by atoms with Crippen LogP contribution in [-0.2, 0) is 0 Å². The Morgan fingerprint density at radius 2 is 1.83 bits per heavy atom. The Labute approximate surface area is 135 Å². The van der Waals surface area contributed by atoms with E-state index in [1.54, 1.807) is 24.7 Å². The standard InChI is InChI=1S/C17H20N4O2/c1-13(14-2-4-15(5-3-14)17(22)23)20-8-10-21(11-9-20)16-6-7-18-12-19-16/h2-7,12-13H,8-11H2,1H3,(H,22,23). The predicted octanol–water partition coefficient (Wildman–Crippen LogP) is 2.06. The Kier molecular flexibility index (Phi) is 4.52. The maximum absolute atomic E-state index is 10.9. The molecule has 1 N–H and O–H groups in total. The van der Waals surface area contributed by atoms with Crippen molar-refractivity contribution < 1.29 is 9.90 Å². The van der Waals surface area contributed by atoms with Gasteiger partial charge < -0.3 is 10.0 Å². The van der Waals surface area contributed by atoms with Gasteiger partial charge in [0.1, 0.15) is 12.1 Å². The fourth-order valence-corrected chi connectivity index (χ4v) is 2.92. The molecule has 1 saturated heterocycles. The summed E-state index contributed by atoms with van der Waals surface area (Å²) in [6, 6.07) is 9.36. The van der Waals surface area contributed by atoms with Crippen molar-refractivity contribution in [3.8, 4) is 0 Å². The van der Waals surface area contributed by atoms with E-state index in [2.05, 4.69) is 26.7 Å². The minimum atomic E-state index is -0.886. The quantitative estimate of drug-likeness (QED) is 0.932. The van der Waals surface area contributed by atoms with Gasteiger partial charge in [-0.1, -0.05) is 12.1 Å². The average molecular weight is 312 g/mol. The lowest BCUT2D eigenvalue weighted by Crippen LogP contribution is -2.47. The average Bonchev–Trinajstić information content (AvgIpc) is 2.62. The van der Waals surface area contributed by atoms with Crippen LogP contribution >= 0.6 is 0 Å². The number of piperazine rings is 1. The van der Waals surface area contributed by atoms with Crippen molar-refractivity contribution in [2.24, 2.45) is 0 Å². The van der Waals surface area contributed by atoms with Gasteiger partial charge in [-0.25, -0.2) is 14.8 Å². The van der Waals surface area contributed by atoms with Gasteiger partial charge in [0.15, 0.2) is 0 Å². The molecule has 1 aromatic carbocycles. The Bertz CT molecular complexity index is 652. The van der Waals surface area contributed by atoms with E-state index in [-0.39, 0.29) is 6.04 Å². The molecule has 1 unspecified atom stereocenters. The highest BCUT2D eigenvalue weighted by Gasteiger charge is 2.22. The first-order valence-corrected chi connectivity index (χ1v) is 7.73. The second-order valence-electron chi connectivity index (χ2n) is 5.69. The summed E-state index contributed by atoms with van der Waals surface area (Å²) in [4.78, 5) is 23.9. The summed E-state index contributed by atoms with van der Waals surface area (Å²) in [6.07, 6.45) is 3.34. The van der Waals surface area contributed by atoms with Crippen molar-refractivity contribution in [3.05, 3.63) is 54.0 Å². The first-order chi connectivity index (χ1) is 11.1. The topological polar surface area (TPSA) is 69.6 Å². The molecular formula is C17H20N4O2. The third-order valence-electron chi connectivity index (χ3n) is 4.39. The highest BCUT2D eigenvalue weighted by molar-refractivity contribution is 5.87. The molecular weight excluding hydrogens is 292 g/mol. The molecule has 6 heteroatoms. The SMILES string of the molecule is CC(c1ccc(C(=O)O)cc1)N1CCN(c2ccncn2)CC1. The number of hydrogen-bond donors (Lipinski definition) is 1. The monoisotopic (exact) mass is 312 g/mol. The molecule has 0 radical (unpaired) electrons. The largest absolute Gasteiger partial charge is 0.478 e. The van der Waals surface area contributed by atoms with E-state index in [0.717, 1.165) is 37.6 Å². The zero-order valence-corrected chi connectivity index (χ0v) is 13.1. The highest BCUT2D eigenvalue weighted by atomic mass is 16.4. The van der Waals surface area contributed by atoms with Crippen LogP contribution < -0.4 is 4.90 Å². The minimum absolute atomic E-state index is 0.269. The van der Waals surface area contributed by atoms with E-state index in [9.17, 15) is 4.79 Å². The van der Waals surface area contributed by atoms with Gasteiger partial charge in [0.25, 0.3) is 0 Å². The summed E-state index contributed by atoms with van der Waals surface area (Å²) < 4.78 is 0. The number of aromatic carboxylic acids is 1. The molecule has 2 heterocycles. The molecule has 6 nitrogen and oxygen atoms in total. The summed E-state index contributed by atoms with van der Waals surface area (Å²) in [6.45, 7) is 5.91. The Hall–Kier alpha value is -2.47. The van der Waals surface area contributed by atoms with Crippen LogP contribution in [-0.4, -0.2) is 52.1 Å². The van der Waals surface area contributed by atoms with Crippen molar-refractivity contribution in [3.63, 3.8) is 0 Å². The summed E-state index contributed by atoms with van der Waals surface area (Å²) >= 11 is 0. The van der Waals surface area contributed by atoms with Gasteiger partial charge in [-0.05, 0) is 30.7 Å². The first-order valence-electron chi connectivity index (χ1n) is 7.73. The molecule has 1 aromatic heterocycles. The van der Waals surface area contributed by atoms with E-state index in [4.69, 9.17) is 5.11 Å². The summed E-state index contributed by atoms with van der Waals surface area (Å²) in [5.74, 6) is 0.0841. The van der Waals surface area contributed by atoms with Gasteiger partial charge in [-0.2, -0.15) is 0 Å². The lowest BCUT2D eigenvalue weighted by atomic mass is 10.0.